The van der Waals surface area contributed by atoms with Crippen molar-refractivity contribution in [1.29, 1.82) is 0 Å². The van der Waals surface area contributed by atoms with Crippen LogP contribution in [0.5, 0.6) is 0 Å². The van der Waals surface area contributed by atoms with E-state index in [1.807, 2.05) is 0 Å². The van der Waals surface area contributed by atoms with Gasteiger partial charge in [-0.1, -0.05) is 12.1 Å². The molecule has 2 aromatic rings. The van der Waals surface area contributed by atoms with Crippen LogP contribution >= 0.6 is 0 Å². The Kier molecular flexibility index (Phi) is 5.20. The number of sulfonamides is 1. The van der Waals surface area contributed by atoms with Crippen LogP contribution in [0.25, 0.3) is 0 Å². The van der Waals surface area contributed by atoms with Gasteiger partial charge in [0.1, 0.15) is 22.1 Å². The molecule has 3 rings (SSSR count). The number of amides is 1. The minimum absolute atomic E-state index is 0.0872. The summed E-state index contributed by atoms with van der Waals surface area (Å²) in [6.45, 7) is 0.174. The van der Waals surface area contributed by atoms with E-state index in [1.54, 1.807) is 24.0 Å². The molecule has 1 aliphatic heterocycles. The fourth-order valence-corrected chi connectivity index (χ4v) is 4.78. The maximum Gasteiger partial charge on any atom is 0.245 e. The van der Waals surface area contributed by atoms with E-state index < -0.39 is 21.4 Å². The van der Waals surface area contributed by atoms with Gasteiger partial charge in [-0.15, -0.1) is 0 Å². The van der Waals surface area contributed by atoms with E-state index in [0.29, 0.717) is 5.82 Å². The van der Waals surface area contributed by atoms with Gasteiger partial charge in [0.2, 0.25) is 15.9 Å². The molecule has 1 fully saturated rings. The van der Waals surface area contributed by atoms with Crippen LogP contribution in [0.3, 0.4) is 0 Å². The van der Waals surface area contributed by atoms with Gasteiger partial charge in [-0.25, -0.2) is 12.8 Å². The number of anilines is 1. The Hall–Kier alpha value is -2.46. The highest BCUT2D eigenvalue weighted by Crippen LogP contribution is 2.30. The van der Waals surface area contributed by atoms with Crippen LogP contribution in [0.2, 0.25) is 0 Å². The second-order valence-corrected chi connectivity index (χ2v) is 8.40. The second-order valence-electron chi connectivity index (χ2n) is 6.50. The standard InChI is InChI=1S/C17H22FN5O3S/c1-19-16(24)17(20-15-7-10-22(2)21-15)8-11-23(12-9-17)27(25,26)14-6-4-3-5-13(14)18/h3-7,10H,8-9,11-12H2,1-2H3,(H,19,24)(H,20,21). The van der Waals surface area contributed by atoms with Crippen molar-refractivity contribution in [3.8, 4) is 0 Å². The van der Waals surface area contributed by atoms with Crippen molar-refractivity contribution in [2.75, 3.05) is 25.5 Å². The normalized spacial score (nSPS) is 17.4. The van der Waals surface area contributed by atoms with Crippen molar-refractivity contribution in [2.45, 2.75) is 23.3 Å². The third-order valence-electron chi connectivity index (χ3n) is 4.77. The van der Waals surface area contributed by atoms with Crippen molar-refractivity contribution in [3.63, 3.8) is 0 Å². The summed E-state index contributed by atoms with van der Waals surface area (Å²) in [5.74, 6) is -0.491. The quantitative estimate of drug-likeness (QED) is 0.786. The molecule has 0 radical (unpaired) electrons. The molecule has 8 nitrogen and oxygen atoms in total. The zero-order chi connectivity index (χ0) is 19.7. The molecule has 0 unspecified atom stereocenters. The Morgan fingerprint density at radius 2 is 1.89 bits per heavy atom. The molecule has 2 heterocycles. The first-order chi connectivity index (χ1) is 12.8. The molecule has 0 aliphatic carbocycles. The number of hydrogen-bond acceptors (Lipinski definition) is 5. The number of aromatic nitrogens is 2. The summed E-state index contributed by atoms with van der Waals surface area (Å²) in [6.07, 6.45) is 2.21. The third-order valence-corrected chi connectivity index (χ3v) is 6.70. The van der Waals surface area contributed by atoms with Crippen molar-refractivity contribution in [3.05, 3.63) is 42.3 Å². The number of aryl methyl sites for hydroxylation is 1. The molecule has 1 aliphatic rings. The summed E-state index contributed by atoms with van der Waals surface area (Å²) in [7, 11) is -0.665. The molecule has 27 heavy (non-hydrogen) atoms. The van der Waals surface area contributed by atoms with Gasteiger partial charge in [0.25, 0.3) is 0 Å². The molecule has 0 saturated carbocycles. The Morgan fingerprint density at radius 1 is 1.22 bits per heavy atom. The molecular formula is C17H22FN5O3S. The highest BCUT2D eigenvalue weighted by atomic mass is 32.2. The number of nitrogens with one attached hydrogen (secondary N) is 2. The number of halogens is 1. The molecule has 2 N–H and O–H groups in total. The van der Waals surface area contributed by atoms with Crippen LogP contribution in [0, 0.1) is 5.82 Å². The van der Waals surface area contributed by atoms with Gasteiger partial charge in [-0.3, -0.25) is 9.48 Å². The second kappa shape index (κ2) is 7.28. The minimum Gasteiger partial charge on any atom is -0.357 e. The maximum absolute atomic E-state index is 14.0. The Labute approximate surface area is 157 Å². The zero-order valence-electron chi connectivity index (χ0n) is 15.1. The molecule has 146 valence electrons. The summed E-state index contributed by atoms with van der Waals surface area (Å²) < 4.78 is 42.3. The fraction of sp³-hybridized carbons (Fsp3) is 0.412. The van der Waals surface area contributed by atoms with Gasteiger partial charge in [0.05, 0.1) is 0 Å². The number of rotatable bonds is 5. The van der Waals surface area contributed by atoms with Gasteiger partial charge in [-0.2, -0.15) is 9.40 Å². The highest BCUT2D eigenvalue weighted by molar-refractivity contribution is 7.89. The van der Waals surface area contributed by atoms with Gasteiger partial charge < -0.3 is 10.6 Å². The monoisotopic (exact) mass is 395 g/mol. The van der Waals surface area contributed by atoms with Crippen LogP contribution < -0.4 is 10.6 Å². The number of nitrogens with zero attached hydrogens (tertiary/aromatic N) is 3. The SMILES string of the molecule is CNC(=O)C1(Nc2ccn(C)n2)CCN(S(=O)(=O)c2ccccc2F)CC1. The number of carbonyl (C=O) groups excluding carboxylic acids is 1. The van der Waals surface area contributed by atoms with Gasteiger partial charge in [0, 0.05) is 39.4 Å². The highest BCUT2D eigenvalue weighted by Gasteiger charge is 2.44. The van der Waals surface area contributed by atoms with Crippen molar-refractivity contribution < 1.29 is 17.6 Å². The summed E-state index contributed by atoms with van der Waals surface area (Å²) >= 11 is 0. The van der Waals surface area contributed by atoms with Gasteiger partial charge in [0.15, 0.2) is 0 Å². The first kappa shape index (κ1) is 19.3. The summed E-state index contributed by atoms with van der Waals surface area (Å²) in [4.78, 5) is 12.2. The van der Waals surface area contributed by atoms with E-state index in [4.69, 9.17) is 0 Å². The smallest absolute Gasteiger partial charge is 0.245 e. The maximum atomic E-state index is 14.0. The van der Waals surface area contributed by atoms with E-state index in [-0.39, 0.29) is 36.7 Å². The van der Waals surface area contributed by atoms with Crippen molar-refractivity contribution in [2.24, 2.45) is 7.05 Å². The van der Waals surface area contributed by atoms with E-state index in [1.165, 1.54) is 29.6 Å². The van der Waals surface area contributed by atoms with Gasteiger partial charge in [-0.05, 0) is 25.0 Å². The molecule has 1 amide bonds. The first-order valence-electron chi connectivity index (χ1n) is 8.53. The first-order valence-corrected chi connectivity index (χ1v) is 9.97. The van der Waals surface area contributed by atoms with Gasteiger partial charge >= 0.3 is 0 Å². The van der Waals surface area contributed by atoms with Crippen LogP contribution in [0.1, 0.15) is 12.8 Å². The lowest BCUT2D eigenvalue weighted by Gasteiger charge is -2.40. The average Bonchev–Trinajstić information content (AvgIpc) is 3.06. The minimum atomic E-state index is -3.96. The van der Waals surface area contributed by atoms with Crippen LogP contribution in [-0.2, 0) is 21.9 Å². The summed E-state index contributed by atoms with van der Waals surface area (Å²) in [6, 6.07) is 7.04. The molecule has 1 saturated heterocycles. The topological polar surface area (TPSA) is 96.3 Å². The Morgan fingerprint density at radius 3 is 2.44 bits per heavy atom. The fourth-order valence-electron chi connectivity index (χ4n) is 3.28. The molecule has 1 aromatic heterocycles. The molecule has 0 spiro atoms. The molecular weight excluding hydrogens is 373 g/mol. The number of carbonyl (C=O) groups is 1. The lowest BCUT2D eigenvalue weighted by Crippen LogP contribution is -2.58. The number of hydrogen-bond donors (Lipinski definition) is 2. The molecule has 0 bridgehead atoms. The zero-order valence-corrected chi connectivity index (χ0v) is 16.0. The molecule has 0 atom stereocenters. The van der Waals surface area contributed by atoms with Crippen LogP contribution in [0.4, 0.5) is 10.2 Å². The van der Waals surface area contributed by atoms with E-state index in [2.05, 4.69) is 15.7 Å². The average molecular weight is 395 g/mol. The van der Waals surface area contributed by atoms with Crippen molar-refractivity contribution >= 4 is 21.7 Å². The predicted molar refractivity (Wildman–Crippen MR) is 98.0 cm³/mol. The molecule has 10 heteroatoms. The summed E-state index contributed by atoms with van der Waals surface area (Å²) in [5.41, 5.74) is -0.982. The number of likely N-dealkylation sites (N-methyl/N-ethyl adjacent to an activating group) is 1. The summed E-state index contributed by atoms with van der Waals surface area (Å²) in [5, 5.41) is 10.0. The van der Waals surface area contributed by atoms with E-state index >= 15 is 0 Å². The lowest BCUT2D eigenvalue weighted by molar-refractivity contribution is -0.126. The Balaban J connectivity index is 1.82. The van der Waals surface area contributed by atoms with E-state index in [0.717, 1.165) is 6.07 Å². The van der Waals surface area contributed by atoms with Crippen LogP contribution in [0.15, 0.2) is 41.4 Å². The lowest BCUT2D eigenvalue weighted by atomic mass is 9.87. The number of benzene rings is 1. The predicted octanol–water partition coefficient (Wildman–Crippen LogP) is 0.941. The Bertz CT molecular complexity index is 936. The number of piperidine rings is 1. The van der Waals surface area contributed by atoms with Crippen molar-refractivity contribution in [1.82, 2.24) is 19.4 Å². The van der Waals surface area contributed by atoms with Crippen LogP contribution in [-0.4, -0.2) is 54.1 Å². The van der Waals surface area contributed by atoms with E-state index in [9.17, 15) is 17.6 Å². The molecule has 1 aromatic carbocycles. The largest absolute Gasteiger partial charge is 0.357 e. The third kappa shape index (κ3) is 3.67.